The number of thioether (sulfide) groups is 1. The molecule has 0 aliphatic carbocycles. The van der Waals surface area contributed by atoms with Gasteiger partial charge in [-0.25, -0.2) is 0 Å². The van der Waals surface area contributed by atoms with Gasteiger partial charge in [0.2, 0.25) is 0 Å². The second-order valence-electron chi connectivity index (χ2n) is 4.48. The molecule has 0 saturated carbocycles. The highest BCUT2D eigenvalue weighted by Crippen LogP contribution is 2.34. The molecule has 2 rings (SSSR count). The summed E-state index contributed by atoms with van der Waals surface area (Å²) < 4.78 is 5.40. The van der Waals surface area contributed by atoms with E-state index in [1.165, 1.54) is 10.5 Å². The van der Waals surface area contributed by atoms with Crippen LogP contribution in [0.25, 0.3) is 0 Å². The van der Waals surface area contributed by atoms with Crippen molar-refractivity contribution < 1.29 is 4.74 Å². The van der Waals surface area contributed by atoms with Crippen LogP contribution in [0.1, 0.15) is 37.8 Å². The SMILES string of the molecule is CCC(N)c1ccccc1SC1CCOCC1. The molecule has 2 nitrogen and oxygen atoms in total. The number of benzene rings is 1. The lowest BCUT2D eigenvalue weighted by Crippen LogP contribution is -2.18. The molecule has 1 saturated heterocycles. The first-order chi connectivity index (χ1) is 8.31. The lowest BCUT2D eigenvalue weighted by atomic mass is 10.1. The Morgan fingerprint density at radius 3 is 2.76 bits per heavy atom. The fourth-order valence-electron chi connectivity index (χ4n) is 2.09. The van der Waals surface area contributed by atoms with E-state index in [1.807, 2.05) is 11.8 Å². The number of nitrogens with two attached hydrogens (primary N) is 1. The van der Waals surface area contributed by atoms with Crippen molar-refractivity contribution in [1.29, 1.82) is 0 Å². The van der Waals surface area contributed by atoms with E-state index in [-0.39, 0.29) is 6.04 Å². The van der Waals surface area contributed by atoms with Gasteiger partial charge in [-0.1, -0.05) is 25.1 Å². The monoisotopic (exact) mass is 251 g/mol. The van der Waals surface area contributed by atoms with Crippen molar-refractivity contribution in [2.75, 3.05) is 13.2 Å². The van der Waals surface area contributed by atoms with E-state index >= 15 is 0 Å². The number of hydrogen-bond acceptors (Lipinski definition) is 3. The van der Waals surface area contributed by atoms with Gasteiger partial charge >= 0.3 is 0 Å². The van der Waals surface area contributed by atoms with Crippen LogP contribution in [0, 0.1) is 0 Å². The molecule has 94 valence electrons. The topological polar surface area (TPSA) is 35.2 Å². The molecule has 1 atom stereocenters. The summed E-state index contributed by atoms with van der Waals surface area (Å²) >= 11 is 1.97. The Morgan fingerprint density at radius 2 is 2.06 bits per heavy atom. The van der Waals surface area contributed by atoms with E-state index in [9.17, 15) is 0 Å². The smallest absolute Gasteiger partial charge is 0.0476 e. The second-order valence-corrected chi connectivity index (χ2v) is 5.82. The van der Waals surface area contributed by atoms with E-state index < -0.39 is 0 Å². The van der Waals surface area contributed by atoms with E-state index in [0.717, 1.165) is 32.5 Å². The zero-order valence-electron chi connectivity index (χ0n) is 10.4. The van der Waals surface area contributed by atoms with E-state index in [4.69, 9.17) is 10.5 Å². The quantitative estimate of drug-likeness (QED) is 0.891. The van der Waals surface area contributed by atoms with Gasteiger partial charge < -0.3 is 10.5 Å². The molecule has 2 N–H and O–H groups in total. The Bertz CT molecular complexity index is 350. The largest absolute Gasteiger partial charge is 0.381 e. The van der Waals surface area contributed by atoms with Crippen LogP contribution in [0.4, 0.5) is 0 Å². The first-order valence-corrected chi connectivity index (χ1v) is 7.28. The van der Waals surface area contributed by atoms with Gasteiger partial charge in [-0.3, -0.25) is 0 Å². The van der Waals surface area contributed by atoms with Crippen LogP contribution in [0.15, 0.2) is 29.2 Å². The first-order valence-electron chi connectivity index (χ1n) is 6.40. The van der Waals surface area contributed by atoms with Crippen LogP contribution < -0.4 is 5.73 Å². The molecular formula is C14H21NOS. The Morgan fingerprint density at radius 1 is 1.35 bits per heavy atom. The molecule has 0 aromatic heterocycles. The van der Waals surface area contributed by atoms with Crippen molar-refractivity contribution in [3.05, 3.63) is 29.8 Å². The summed E-state index contributed by atoms with van der Waals surface area (Å²) in [6, 6.07) is 8.71. The molecule has 0 radical (unpaired) electrons. The molecule has 1 aromatic rings. The van der Waals surface area contributed by atoms with Gasteiger partial charge in [0, 0.05) is 29.4 Å². The molecule has 0 bridgehead atoms. The Balaban J connectivity index is 2.08. The van der Waals surface area contributed by atoms with Gasteiger partial charge in [-0.2, -0.15) is 0 Å². The van der Waals surface area contributed by atoms with Gasteiger partial charge in [0.05, 0.1) is 0 Å². The second kappa shape index (κ2) is 6.43. The molecule has 17 heavy (non-hydrogen) atoms. The van der Waals surface area contributed by atoms with E-state index in [0.29, 0.717) is 5.25 Å². The minimum atomic E-state index is 0.165. The predicted octanol–water partition coefficient (Wildman–Crippen LogP) is 3.37. The fourth-order valence-corrected chi connectivity index (χ4v) is 3.39. The third kappa shape index (κ3) is 3.47. The van der Waals surface area contributed by atoms with Crippen molar-refractivity contribution >= 4 is 11.8 Å². The molecule has 1 fully saturated rings. The number of rotatable bonds is 4. The molecule has 1 heterocycles. The third-order valence-corrected chi connectivity index (χ3v) is 4.65. The van der Waals surface area contributed by atoms with Gasteiger partial charge in [-0.05, 0) is 30.9 Å². The third-order valence-electron chi connectivity index (χ3n) is 3.22. The van der Waals surface area contributed by atoms with Gasteiger partial charge in [0.25, 0.3) is 0 Å². The maximum atomic E-state index is 6.16. The lowest BCUT2D eigenvalue weighted by Gasteiger charge is -2.23. The maximum absolute atomic E-state index is 6.16. The molecule has 3 heteroatoms. The summed E-state index contributed by atoms with van der Waals surface area (Å²) in [6.07, 6.45) is 3.30. The van der Waals surface area contributed by atoms with Crippen LogP contribution in [0.3, 0.4) is 0 Å². The van der Waals surface area contributed by atoms with Crippen LogP contribution in [-0.4, -0.2) is 18.5 Å². The first kappa shape index (κ1) is 12.9. The highest BCUT2D eigenvalue weighted by Gasteiger charge is 2.17. The maximum Gasteiger partial charge on any atom is 0.0476 e. The van der Waals surface area contributed by atoms with Crippen molar-refractivity contribution in [3.8, 4) is 0 Å². The fraction of sp³-hybridized carbons (Fsp3) is 0.571. The van der Waals surface area contributed by atoms with E-state index in [1.54, 1.807) is 0 Å². The molecule has 1 aliphatic rings. The van der Waals surface area contributed by atoms with Crippen LogP contribution in [0.5, 0.6) is 0 Å². The molecule has 1 unspecified atom stereocenters. The average Bonchev–Trinajstić information content (AvgIpc) is 2.40. The zero-order valence-corrected chi connectivity index (χ0v) is 11.2. The molecule has 0 amide bonds. The molecule has 1 aromatic carbocycles. The molecule has 0 spiro atoms. The number of hydrogen-bond donors (Lipinski definition) is 1. The standard InChI is InChI=1S/C14H21NOS/c1-2-13(15)12-5-3-4-6-14(12)17-11-7-9-16-10-8-11/h3-6,11,13H,2,7-10,15H2,1H3. The van der Waals surface area contributed by atoms with Crippen molar-refractivity contribution in [1.82, 2.24) is 0 Å². The Labute approximate surface area is 108 Å². The van der Waals surface area contributed by atoms with Crippen LogP contribution in [-0.2, 0) is 4.74 Å². The summed E-state index contributed by atoms with van der Waals surface area (Å²) in [6.45, 7) is 3.94. The normalized spacial score (nSPS) is 19.2. The van der Waals surface area contributed by atoms with Gasteiger partial charge in [0.1, 0.15) is 0 Å². The summed E-state index contributed by atoms with van der Waals surface area (Å²) in [5, 5.41) is 0.689. The van der Waals surface area contributed by atoms with Crippen molar-refractivity contribution in [2.24, 2.45) is 5.73 Å². The summed E-state index contributed by atoms with van der Waals surface area (Å²) in [5.41, 5.74) is 7.46. The lowest BCUT2D eigenvalue weighted by molar-refractivity contribution is 0.1000. The minimum absolute atomic E-state index is 0.165. The zero-order chi connectivity index (χ0) is 12.1. The molecule has 1 aliphatic heterocycles. The van der Waals surface area contributed by atoms with Gasteiger partial charge in [0.15, 0.2) is 0 Å². The van der Waals surface area contributed by atoms with Crippen LogP contribution in [0.2, 0.25) is 0 Å². The Kier molecular flexibility index (Phi) is 4.89. The highest BCUT2D eigenvalue weighted by molar-refractivity contribution is 8.00. The summed E-state index contributed by atoms with van der Waals surface area (Å²) in [5.74, 6) is 0. The Hall–Kier alpha value is -0.510. The summed E-state index contributed by atoms with van der Waals surface area (Å²) in [4.78, 5) is 1.36. The average molecular weight is 251 g/mol. The van der Waals surface area contributed by atoms with Crippen LogP contribution >= 0.6 is 11.8 Å². The summed E-state index contributed by atoms with van der Waals surface area (Å²) in [7, 11) is 0. The predicted molar refractivity (Wildman–Crippen MR) is 73.4 cm³/mol. The van der Waals surface area contributed by atoms with E-state index in [2.05, 4.69) is 31.2 Å². The van der Waals surface area contributed by atoms with Gasteiger partial charge in [-0.15, -0.1) is 11.8 Å². The highest BCUT2D eigenvalue weighted by atomic mass is 32.2. The van der Waals surface area contributed by atoms with Crippen molar-refractivity contribution in [2.45, 2.75) is 42.4 Å². The molecular weight excluding hydrogens is 230 g/mol. The minimum Gasteiger partial charge on any atom is -0.381 e. The number of ether oxygens (including phenoxy) is 1. The van der Waals surface area contributed by atoms with Crippen molar-refractivity contribution in [3.63, 3.8) is 0 Å².